The van der Waals surface area contributed by atoms with Crippen molar-refractivity contribution in [3.05, 3.63) is 35.4 Å². The molecule has 0 aliphatic heterocycles. The van der Waals surface area contributed by atoms with Crippen LogP contribution in [0.25, 0.3) is 0 Å². The first-order valence-electron chi connectivity index (χ1n) is 5.61. The van der Waals surface area contributed by atoms with Gasteiger partial charge in [0.25, 0.3) is 0 Å². The zero-order valence-corrected chi connectivity index (χ0v) is 9.81. The molecule has 0 bridgehead atoms. The molecule has 1 aromatic carbocycles. The highest BCUT2D eigenvalue weighted by atomic mass is 16.4. The summed E-state index contributed by atoms with van der Waals surface area (Å²) in [5, 5.41) is 8.70. The van der Waals surface area contributed by atoms with E-state index in [9.17, 15) is 4.79 Å². The van der Waals surface area contributed by atoms with Gasteiger partial charge in [-0.15, -0.1) is 0 Å². The SMILES string of the molecule is CCC(C)c1ccc(CC(N)C(=O)O)cc1. The predicted octanol–water partition coefficient (Wildman–Crippen LogP) is 2.15. The molecule has 0 amide bonds. The van der Waals surface area contributed by atoms with E-state index in [1.165, 1.54) is 5.56 Å². The Balaban J connectivity index is 2.68. The van der Waals surface area contributed by atoms with E-state index >= 15 is 0 Å². The van der Waals surface area contributed by atoms with Crippen LogP contribution in [0.4, 0.5) is 0 Å². The van der Waals surface area contributed by atoms with Gasteiger partial charge in [0.2, 0.25) is 0 Å². The molecule has 0 aliphatic rings. The van der Waals surface area contributed by atoms with Crippen molar-refractivity contribution in [3.63, 3.8) is 0 Å². The monoisotopic (exact) mass is 221 g/mol. The summed E-state index contributed by atoms with van der Waals surface area (Å²) >= 11 is 0. The van der Waals surface area contributed by atoms with Crippen LogP contribution in [-0.4, -0.2) is 17.1 Å². The summed E-state index contributed by atoms with van der Waals surface area (Å²) in [6.07, 6.45) is 1.49. The summed E-state index contributed by atoms with van der Waals surface area (Å²) in [7, 11) is 0. The van der Waals surface area contributed by atoms with E-state index < -0.39 is 12.0 Å². The van der Waals surface area contributed by atoms with Crippen molar-refractivity contribution in [2.75, 3.05) is 0 Å². The molecule has 0 spiro atoms. The number of aliphatic carboxylic acids is 1. The van der Waals surface area contributed by atoms with Gasteiger partial charge in [-0.3, -0.25) is 4.79 Å². The second-order valence-electron chi connectivity index (χ2n) is 4.20. The van der Waals surface area contributed by atoms with Crippen LogP contribution in [0, 0.1) is 0 Å². The predicted molar refractivity (Wildman–Crippen MR) is 64.5 cm³/mol. The van der Waals surface area contributed by atoms with Crippen molar-refractivity contribution in [3.8, 4) is 0 Å². The molecular weight excluding hydrogens is 202 g/mol. The highest BCUT2D eigenvalue weighted by Gasteiger charge is 2.12. The van der Waals surface area contributed by atoms with E-state index in [2.05, 4.69) is 26.0 Å². The number of carboxylic acid groups (broad SMARTS) is 1. The Kier molecular flexibility index (Phi) is 4.50. The smallest absolute Gasteiger partial charge is 0.320 e. The molecular formula is C13H19NO2. The fourth-order valence-corrected chi connectivity index (χ4v) is 1.56. The van der Waals surface area contributed by atoms with E-state index in [0.29, 0.717) is 12.3 Å². The zero-order valence-electron chi connectivity index (χ0n) is 9.81. The maximum Gasteiger partial charge on any atom is 0.320 e. The third-order valence-corrected chi connectivity index (χ3v) is 2.93. The van der Waals surface area contributed by atoms with Gasteiger partial charge in [0.15, 0.2) is 0 Å². The van der Waals surface area contributed by atoms with Crippen molar-refractivity contribution in [2.24, 2.45) is 5.73 Å². The molecule has 1 aromatic rings. The Bertz CT molecular complexity index is 345. The molecule has 0 saturated carbocycles. The third-order valence-electron chi connectivity index (χ3n) is 2.93. The van der Waals surface area contributed by atoms with Gasteiger partial charge in [0, 0.05) is 0 Å². The van der Waals surface area contributed by atoms with Crippen LogP contribution in [0.3, 0.4) is 0 Å². The van der Waals surface area contributed by atoms with E-state index in [1.807, 2.05) is 12.1 Å². The fraction of sp³-hybridized carbons (Fsp3) is 0.462. The van der Waals surface area contributed by atoms with Gasteiger partial charge in [-0.2, -0.15) is 0 Å². The molecule has 0 fully saturated rings. The van der Waals surface area contributed by atoms with Crippen LogP contribution >= 0.6 is 0 Å². The van der Waals surface area contributed by atoms with Crippen LogP contribution in [-0.2, 0) is 11.2 Å². The number of rotatable bonds is 5. The van der Waals surface area contributed by atoms with Gasteiger partial charge in [0.05, 0.1) is 0 Å². The van der Waals surface area contributed by atoms with Crippen molar-refractivity contribution in [1.29, 1.82) is 0 Å². The van der Waals surface area contributed by atoms with Gasteiger partial charge in [-0.05, 0) is 29.9 Å². The summed E-state index contributed by atoms with van der Waals surface area (Å²) < 4.78 is 0. The van der Waals surface area contributed by atoms with Gasteiger partial charge >= 0.3 is 5.97 Å². The van der Waals surface area contributed by atoms with Crippen LogP contribution in [0.2, 0.25) is 0 Å². The average Bonchev–Trinajstić information content (AvgIpc) is 2.28. The Morgan fingerprint density at radius 2 is 1.94 bits per heavy atom. The minimum atomic E-state index is -0.953. The summed E-state index contributed by atoms with van der Waals surface area (Å²) in [4.78, 5) is 10.6. The van der Waals surface area contributed by atoms with Crippen LogP contribution in [0.5, 0.6) is 0 Å². The normalized spacial score (nSPS) is 14.4. The molecule has 88 valence electrons. The molecule has 0 heterocycles. The molecule has 0 radical (unpaired) electrons. The Morgan fingerprint density at radius 3 is 2.38 bits per heavy atom. The lowest BCUT2D eigenvalue weighted by molar-refractivity contribution is -0.138. The number of hydrogen-bond donors (Lipinski definition) is 2. The van der Waals surface area contributed by atoms with E-state index in [-0.39, 0.29) is 0 Å². The topological polar surface area (TPSA) is 63.3 Å². The first-order chi connectivity index (χ1) is 7.54. The average molecular weight is 221 g/mol. The molecule has 0 saturated heterocycles. The first-order valence-corrected chi connectivity index (χ1v) is 5.61. The van der Waals surface area contributed by atoms with Crippen molar-refractivity contribution in [1.82, 2.24) is 0 Å². The second kappa shape index (κ2) is 5.66. The highest BCUT2D eigenvalue weighted by molar-refractivity contribution is 5.73. The van der Waals surface area contributed by atoms with Gasteiger partial charge in [0.1, 0.15) is 6.04 Å². The molecule has 2 unspecified atom stereocenters. The lowest BCUT2D eigenvalue weighted by Gasteiger charge is -2.11. The summed E-state index contributed by atoms with van der Waals surface area (Å²) in [6.45, 7) is 4.33. The zero-order chi connectivity index (χ0) is 12.1. The maximum atomic E-state index is 10.6. The van der Waals surface area contributed by atoms with E-state index in [1.54, 1.807) is 0 Å². The number of nitrogens with two attached hydrogens (primary N) is 1. The van der Waals surface area contributed by atoms with Crippen LogP contribution in [0.1, 0.15) is 37.3 Å². The third kappa shape index (κ3) is 3.35. The minimum absolute atomic E-state index is 0.385. The Hall–Kier alpha value is -1.35. The van der Waals surface area contributed by atoms with E-state index in [0.717, 1.165) is 12.0 Å². The molecule has 3 heteroatoms. The first kappa shape index (κ1) is 12.7. The van der Waals surface area contributed by atoms with Crippen LogP contribution < -0.4 is 5.73 Å². The van der Waals surface area contributed by atoms with Crippen molar-refractivity contribution < 1.29 is 9.90 Å². The van der Waals surface area contributed by atoms with Gasteiger partial charge in [-0.1, -0.05) is 38.1 Å². The highest BCUT2D eigenvalue weighted by Crippen LogP contribution is 2.19. The molecule has 16 heavy (non-hydrogen) atoms. The summed E-state index contributed by atoms with van der Waals surface area (Å²) in [6, 6.07) is 7.22. The van der Waals surface area contributed by atoms with Gasteiger partial charge in [-0.25, -0.2) is 0 Å². The minimum Gasteiger partial charge on any atom is -0.480 e. The molecule has 2 atom stereocenters. The largest absolute Gasteiger partial charge is 0.480 e. The molecule has 1 rings (SSSR count). The lowest BCUT2D eigenvalue weighted by Crippen LogP contribution is -2.32. The number of carboxylic acids is 1. The standard InChI is InChI=1S/C13H19NO2/c1-3-9(2)11-6-4-10(5-7-11)8-12(14)13(15)16/h4-7,9,12H,3,8,14H2,1-2H3,(H,15,16). The molecule has 3 nitrogen and oxygen atoms in total. The van der Waals surface area contributed by atoms with Crippen molar-refractivity contribution >= 4 is 5.97 Å². The fourth-order valence-electron chi connectivity index (χ4n) is 1.56. The van der Waals surface area contributed by atoms with Crippen molar-refractivity contribution in [2.45, 2.75) is 38.6 Å². The number of benzene rings is 1. The quantitative estimate of drug-likeness (QED) is 0.800. The molecule has 3 N–H and O–H groups in total. The number of carbonyl (C=O) groups is 1. The molecule has 0 aliphatic carbocycles. The summed E-state index contributed by atoms with van der Waals surface area (Å²) in [5.74, 6) is -0.409. The lowest BCUT2D eigenvalue weighted by atomic mass is 9.96. The maximum absolute atomic E-state index is 10.6. The van der Waals surface area contributed by atoms with Gasteiger partial charge < -0.3 is 10.8 Å². The molecule has 0 aromatic heterocycles. The Labute approximate surface area is 96.3 Å². The Morgan fingerprint density at radius 1 is 1.38 bits per heavy atom. The van der Waals surface area contributed by atoms with Crippen LogP contribution in [0.15, 0.2) is 24.3 Å². The second-order valence-corrected chi connectivity index (χ2v) is 4.20. The number of hydrogen-bond acceptors (Lipinski definition) is 2. The summed E-state index contributed by atoms with van der Waals surface area (Å²) in [5.41, 5.74) is 7.73. The van der Waals surface area contributed by atoms with E-state index in [4.69, 9.17) is 10.8 Å².